The van der Waals surface area contributed by atoms with Gasteiger partial charge in [-0.05, 0) is 18.2 Å². The van der Waals surface area contributed by atoms with E-state index in [9.17, 15) is 10.1 Å². The summed E-state index contributed by atoms with van der Waals surface area (Å²) in [6, 6.07) is 9.89. The minimum absolute atomic E-state index is 0.0751. The molecule has 1 aromatic carbocycles. The van der Waals surface area contributed by atoms with Crippen LogP contribution in [0.15, 0.2) is 52.8 Å². The molecule has 3 rings (SSSR count). The van der Waals surface area contributed by atoms with Crippen LogP contribution < -0.4 is 4.74 Å². The summed E-state index contributed by atoms with van der Waals surface area (Å²) in [6.07, 6.45) is 1.86. The quantitative estimate of drug-likeness (QED) is 0.376. The van der Waals surface area contributed by atoms with Gasteiger partial charge in [0.2, 0.25) is 0 Å². The average Bonchev–Trinajstić information content (AvgIpc) is 2.98. The number of pyridine rings is 1. The number of nitro groups is 1. The number of aromatic nitrogens is 2. The van der Waals surface area contributed by atoms with Crippen molar-refractivity contribution in [2.75, 3.05) is 7.11 Å². The monoisotopic (exact) mass is 353 g/mol. The molecule has 8 nitrogen and oxygen atoms in total. The second-order valence-electron chi connectivity index (χ2n) is 6.78. The smallest absolute Gasteiger partial charge is 0.271 e. The molecule has 2 aromatic heterocycles. The Labute approximate surface area is 150 Å². The average molecular weight is 353 g/mol. The van der Waals surface area contributed by atoms with E-state index >= 15 is 0 Å². The molecular weight excluding hydrogens is 334 g/mol. The van der Waals surface area contributed by atoms with Crippen molar-refractivity contribution < 1.29 is 9.66 Å². The summed E-state index contributed by atoms with van der Waals surface area (Å²) in [5.74, 6) is 0.993. The molecule has 0 amide bonds. The molecule has 2 heterocycles. The summed E-state index contributed by atoms with van der Waals surface area (Å²) in [4.78, 5) is 15.2. The van der Waals surface area contributed by atoms with Gasteiger partial charge in [-0.1, -0.05) is 26.8 Å². The van der Waals surface area contributed by atoms with Gasteiger partial charge in [0.15, 0.2) is 5.82 Å². The second kappa shape index (κ2) is 6.55. The number of hydrogen-bond donors (Lipinski definition) is 0. The Bertz CT molecular complexity index is 1000. The van der Waals surface area contributed by atoms with Crippen molar-refractivity contribution in [1.82, 2.24) is 9.38 Å². The van der Waals surface area contributed by atoms with Gasteiger partial charge in [-0.3, -0.25) is 14.5 Å². The Balaban J connectivity index is 2.14. The van der Waals surface area contributed by atoms with Gasteiger partial charge < -0.3 is 4.74 Å². The highest BCUT2D eigenvalue weighted by Crippen LogP contribution is 2.36. The maximum absolute atomic E-state index is 11.0. The van der Waals surface area contributed by atoms with Gasteiger partial charge in [0.1, 0.15) is 17.1 Å². The Morgan fingerprint density at radius 3 is 2.62 bits per heavy atom. The van der Waals surface area contributed by atoms with Crippen LogP contribution in [0.4, 0.5) is 17.2 Å². The molecule has 0 atom stereocenters. The molecule has 8 heteroatoms. The molecule has 26 heavy (non-hydrogen) atoms. The number of rotatable bonds is 4. The van der Waals surface area contributed by atoms with Gasteiger partial charge >= 0.3 is 0 Å². The number of nitrogens with zero attached hydrogens (tertiary/aromatic N) is 5. The summed E-state index contributed by atoms with van der Waals surface area (Å²) >= 11 is 0. The van der Waals surface area contributed by atoms with E-state index in [1.165, 1.54) is 25.3 Å². The molecule has 0 bridgehead atoms. The molecule has 134 valence electrons. The minimum Gasteiger partial charge on any atom is -0.494 e. The van der Waals surface area contributed by atoms with Crippen molar-refractivity contribution >= 4 is 22.8 Å². The zero-order valence-electron chi connectivity index (χ0n) is 15.0. The van der Waals surface area contributed by atoms with Crippen LogP contribution in [-0.2, 0) is 5.41 Å². The number of nitro benzene ring substituents is 1. The number of benzene rings is 1. The lowest BCUT2D eigenvalue weighted by atomic mass is 9.92. The molecule has 0 N–H and O–H groups in total. The van der Waals surface area contributed by atoms with Gasteiger partial charge in [0.25, 0.3) is 5.69 Å². The van der Waals surface area contributed by atoms with Gasteiger partial charge in [-0.2, -0.15) is 0 Å². The van der Waals surface area contributed by atoms with E-state index in [1.807, 2.05) is 49.6 Å². The van der Waals surface area contributed by atoms with Crippen molar-refractivity contribution in [2.45, 2.75) is 26.2 Å². The lowest BCUT2D eigenvalue weighted by molar-refractivity contribution is -0.384. The van der Waals surface area contributed by atoms with E-state index in [-0.39, 0.29) is 16.8 Å². The summed E-state index contributed by atoms with van der Waals surface area (Å²) in [5, 5.41) is 19.6. The number of hydrogen-bond acceptors (Lipinski definition) is 6. The molecular formula is C18H19N5O3. The maximum atomic E-state index is 11.0. The molecule has 0 saturated heterocycles. The molecule has 0 unspecified atom stereocenters. The molecule has 0 aliphatic rings. The Hall–Kier alpha value is -3.29. The number of azo groups is 1. The maximum Gasteiger partial charge on any atom is 0.271 e. The molecule has 0 aliphatic carbocycles. The first-order chi connectivity index (χ1) is 12.3. The number of methoxy groups -OCH3 is 1. The standard InChI is InChI=1S/C18H19N5O3/c1-18(2,3)16-17(22-10-6-5-7-15(22)19-16)21-20-13-11-12(23(24)25)8-9-14(13)26-4/h5-11H,1-4H3. The fourth-order valence-corrected chi connectivity index (χ4v) is 2.55. The number of imidazole rings is 1. The zero-order chi connectivity index (χ0) is 18.9. The van der Waals surface area contributed by atoms with Gasteiger partial charge in [0.05, 0.1) is 17.7 Å². The topological polar surface area (TPSA) is 94.4 Å². The minimum atomic E-state index is -0.479. The predicted molar refractivity (Wildman–Crippen MR) is 97.7 cm³/mol. The predicted octanol–water partition coefficient (Wildman–Crippen LogP) is 4.96. The van der Waals surface area contributed by atoms with Crippen LogP contribution in [0.3, 0.4) is 0 Å². The molecule has 0 spiro atoms. The first-order valence-corrected chi connectivity index (χ1v) is 8.03. The van der Waals surface area contributed by atoms with Crippen LogP contribution in [0.25, 0.3) is 5.65 Å². The third kappa shape index (κ3) is 3.26. The van der Waals surface area contributed by atoms with E-state index in [1.54, 1.807) is 0 Å². The Morgan fingerprint density at radius 2 is 1.96 bits per heavy atom. The van der Waals surface area contributed by atoms with E-state index in [0.29, 0.717) is 11.6 Å². The van der Waals surface area contributed by atoms with E-state index < -0.39 is 4.92 Å². The molecule has 3 aromatic rings. The zero-order valence-corrected chi connectivity index (χ0v) is 15.0. The van der Waals surface area contributed by atoms with Crippen LogP contribution in [0, 0.1) is 10.1 Å². The summed E-state index contributed by atoms with van der Waals surface area (Å²) in [6.45, 7) is 6.13. The first-order valence-electron chi connectivity index (χ1n) is 8.03. The van der Waals surface area contributed by atoms with Gasteiger partial charge in [0, 0.05) is 23.7 Å². The molecule has 0 radical (unpaired) electrons. The molecule has 0 aliphatic heterocycles. The van der Waals surface area contributed by atoms with E-state index in [4.69, 9.17) is 4.74 Å². The Morgan fingerprint density at radius 1 is 1.19 bits per heavy atom. The second-order valence-corrected chi connectivity index (χ2v) is 6.78. The van der Waals surface area contributed by atoms with Crippen LogP contribution in [-0.4, -0.2) is 21.4 Å². The van der Waals surface area contributed by atoms with Crippen LogP contribution in [0.1, 0.15) is 26.5 Å². The largest absolute Gasteiger partial charge is 0.494 e. The highest BCUT2D eigenvalue weighted by molar-refractivity contribution is 5.58. The summed E-state index contributed by atoms with van der Waals surface area (Å²) in [7, 11) is 1.48. The number of fused-ring (bicyclic) bond motifs is 1. The summed E-state index contributed by atoms with van der Waals surface area (Å²) < 4.78 is 7.08. The van der Waals surface area contributed by atoms with Crippen molar-refractivity contribution in [1.29, 1.82) is 0 Å². The van der Waals surface area contributed by atoms with Crippen molar-refractivity contribution in [3.8, 4) is 5.75 Å². The third-order valence-electron chi connectivity index (χ3n) is 3.84. The Kier molecular flexibility index (Phi) is 4.41. The van der Waals surface area contributed by atoms with Crippen LogP contribution >= 0.6 is 0 Å². The number of non-ortho nitro benzene ring substituents is 1. The van der Waals surface area contributed by atoms with Crippen molar-refractivity contribution in [3.63, 3.8) is 0 Å². The lowest BCUT2D eigenvalue weighted by Crippen LogP contribution is -2.11. The lowest BCUT2D eigenvalue weighted by Gasteiger charge is -2.15. The number of ether oxygens (including phenoxy) is 1. The molecule has 0 saturated carbocycles. The fourth-order valence-electron chi connectivity index (χ4n) is 2.55. The normalized spacial score (nSPS) is 12.0. The van der Waals surface area contributed by atoms with Gasteiger partial charge in [-0.25, -0.2) is 4.98 Å². The van der Waals surface area contributed by atoms with E-state index in [0.717, 1.165) is 11.3 Å². The molecule has 0 fully saturated rings. The van der Waals surface area contributed by atoms with Crippen LogP contribution in [0.5, 0.6) is 5.75 Å². The van der Waals surface area contributed by atoms with Gasteiger partial charge in [-0.15, -0.1) is 10.2 Å². The van der Waals surface area contributed by atoms with Crippen molar-refractivity contribution in [2.24, 2.45) is 10.2 Å². The van der Waals surface area contributed by atoms with Crippen molar-refractivity contribution in [3.05, 3.63) is 58.4 Å². The van der Waals surface area contributed by atoms with Crippen LogP contribution in [0.2, 0.25) is 0 Å². The SMILES string of the molecule is COc1ccc([N+](=O)[O-])cc1N=Nc1c(C(C)(C)C)nc2ccccn12. The van der Waals surface area contributed by atoms with E-state index in [2.05, 4.69) is 15.2 Å². The highest BCUT2D eigenvalue weighted by Gasteiger charge is 2.24. The summed E-state index contributed by atoms with van der Waals surface area (Å²) in [5.41, 5.74) is 1.52. The fraction of sp³-hybridized carbons (Fsp3) is 0.278. The first kappa shape index (κ1) is 17.5. The third-order valence-corrected chi connectivity index (χ3v) is 3.84. The highest BCUT2D eigenvalue weighted by atomic mass is 16.6.